The molecule has 0 aliphatic heterocycles. The van der Waals surface area contributed by atoms with Crippen molar-refractivity contribution in [3.63, 3.8) is 0 Å². The Morgan fingerprint density at radius 1 is 1.38 bits per heavy atom. The van der Waals surface area contributed by atoms with Crippen LogP contribution >= 0.6 is 0 Å². The Morgan fingerprint density at radius 2 is 2.12 bits per heavy atom. The first-order valence-corrected chi connectivity index (χ1v) is 5.81. The Bertz CT molecular complexity index is 372. The molecule has 2 N–H and O–H groups in total. The lowest BCUT2D eigenvalue weighted by molar-refractivity contribution is 0.159. The van der Waals surface area contributed by atoms with Gasteiger partial charge >= 0.3 is 0 Å². The summed E-state index contributed by atoms with van der Waals surface area (Å²) in [4.78, 5) is 0. The second-order valence-electron chi connectivity index (χ2n) is 4.58. The quantitative estimate of drug-likeness (QED) is 0.751. The number of rotatable bonds is 5. The topological polar surface area (TPSA) is 41.5 Å². The molecule has 0 unspecified atom stereocenters. The van der Waals surface area contributed by atoms with Gasteiger partial charge < -0.3 is 9.94 Å². The Morgan fingerprint density at radius 3 is 2.75 bits per heavy atom. The highest BCUT2D eigenvalue weighted by atomic mass is 16.5. The van der Waals surface area contributed by atoms with E-state index in [2.05, 4.69) is 25.4 Å². The van der Waals surface area contributed by atoms with Crippen LogP contribution in [0, 0.1) is 19.8 Å². The van der Waals surface area contributed by atoms with E-state index in [1.165, 1.54) is 24.0 Å². The number of benzene rings is 1. The van der Waals surface area contributed by atoms with Gasteiger partial charge in [-0.15, -0.1) is 0 Å². The molecule has 0 aromatic heterocycles. The van der Waals surface area contributed by atoms with E-state index in [0.29, 0.717) is 6.54 Å². The highest BCUT2D eigenvalue weighted by molar-refractivity contribution is 5.45. The molecule has 0 radical (unpaired) electrons. The summed E-state index contributed by atoms with van der Waals surface area (Å²) in [5.41, 5.74) is 5.62. The van der Waals surface area contributed by atoms with Gasteiger partial charge in [-0.25, -0.2) is 5.48 Å². The van der Waals surface area contributed by atoms with Crippen LogP contribution in [0.25, 0.3) is 0 Å². The van der Waals surface area contributed by atoms with Gasteiger partial charge in [-0.05, 0) is 43.7 Å². The smallest absolute Gasteiger partial charge is 0.127 e. The van der Waals surface area contributed by atoms with Gasteiger partial charge in [-0.2, -0.15) is 0 Å². The van der Waals surface area contributed by atoms with Crippen LogP contribution in [0.2, 0.25) is 0 Å². The van der Waals surface area contributed by atoms with Crippen molar-refractivity contribution >= 4 is 0 Å². The van der Waals surface area contributed by atoms with Gasteiger partial charge in [0.25, 0.3) is 0 Å². The molecule has 1 aromatic rings. The second-order valence-corrected chi connectivity index (χ2v) is 4.58. The van der Waals surface area contributed by atoms with E-state index in [1.54, 1.807) is 0 Å². The molecule has 1 fully saturated rings. The lowest BCUT2D eigenvalue weighted by Gasteiger charge is -2.15. The van der Waals surface area contributed by atoms with E-state index in [-0.39, 0.29) is 0 Å². The number of hydrogen-bond donors (Lipinski definition) is 2. The molecule has 1 aliphatic rings. The van der Waals surface area contributed by atoms with Crippen molar-refractivity contribution in [2.75, 3.05) is 6.61 Å². The average Bonchev–Trinajstić information content (AvgIpc) is 3.07. The molecule has 1 saturated carbocycles. The minimum atomic E-state index is 0.432. The Hall–Kier alpha value is -1.06. The molecule has 0 saturated heterocycles. The minimum Gasteiger partial charge on any atom is -0.493 e. The van der Waals surface area contributed by atoms with Crippen molar-refractivity contribution in [2.45, 2.75) is 33.2 Å². The van der Waals surface area contributed by atoms with E-state index >= 15 is 0 Å². The fourth-order valence-electron chi connectivity index (χ4n) is 1.76. The predicted molar refractivity (Wildman–Crippen MR) is 62.8 cm³/mol. The van der Waals surface area contributed by atoms with Gasteiger partial charge in [0.1, 0.15) is 5.75 Å². The fraction of sp³-hybridized carbons (Fsp3) is 0.538. The van der Waals surface area contributed by atoms with Gasteiger partial charge in [0.05, 0.1) is 6.61 Å². The zero-order chi connectivity index (χ0) is 11.5. The van der Waals surface area contributed by atoms with Gasteiger partial charge in [-0.1, -0.05) is 12.1 Å². The molecular weight excluding hydrogens is 202 g/mol. The third kappa shape index (κ3) is 2.54. The summed E-state index contributed by atoms with van der Waals surface area (Å²) < 4.78 is 5.87. The molecule has 1 aromatic carbocycles. The largest absolute Gasteiger partial charge is 0.493 e. The van der Waals surface area contributed by atoms with Gasteiger partial charge in [0.2, 0.25) is 0 Å². The van der Waals surface area contributed by atoms with Crippen molar-refractivity contribution in [1.29, 1.82) is 0 Å². The number of hydrogen-bond acceptors (Lipinski definition) is 3. The van der Waals surface area contributed by atoms with Crippen molar-refractivity contribution < 1.29 is 9.94 Å². The van der Waals surface area contributed by atoms with Crippen LogP contribution in [0.4, 0.5) is 0 Å². The molecule has 3 nitrogen and oxygen atoms in total. The van der Waals surface area contributed by atoms with Crippen molar-refractivity contribution in [2.24, 2.45) is 5.92 Å². The normalized spacial score (nSPS) is 15.2. The summed E-state index contributed by atoms with van der Waals surface area (Å²) in [6, 6.07) is 4.07. The first-order valence-electron chi connectivity index (χ1n) is 5.81. The van der Waals surface area contributed by atoms with Gasteiger partial charge in [0, 0.05) is 12.1 Å². The molecular formula is C13H19NO2. The highest BCUT2D eigenvalue weighted by Crippen LogP contribution is 2.32. The third-order valence-corrected chi connectivity index (χ3v) is 3.19. The number of aryl methyl sites for hydroxylation is 1. The van der Waals surface area contributed by atoms with Crippen molar-refractivity contribution in [3.8, 4) is 5.75 Å². The van der Waals surface area contributed by atoms with Crippen LogP contribution in [-0.2, 0) is 6.54 Å². The van der Waals surface area contributed by atoms with Crippen molar-refractivity contribution in [3.05, 3.63) is 28.8 Å². The summed E-state index contributed by atoms with van der Waals surface area (Å²) >= 11 is 0. The lowest BCUT2D eigenvalue weighted by Crippen LogP contribution is -2.10. The van der Waals surface area contributed by atoms with E-state index < -0.39 is 0 Å². The maximum atomic E-state index is 8.79. The maximum Gasteiger partial charge on any atom is 0.127 e. The Kier molecular flexibility index (Phi) is 3.46. The van der Waals surface area contributed by atoms with Crippen LogP contribution in [0.1, 0.15) is 29.5 Å². The molecule has 0 amide bonds. The lowest BCUT2D eigenvalue weighted by atomic mass is 10.0. The van der Waals surface area contributed by atoms with E-state index in [1.807, 2.05) is 6.07 Å². The van der Waals surface area contributed by atoms with Crippen LogP contribution in [0.15, 0.2) is 12.1 Å². The van der Waals surface area contributed by atoms with Crippen LogP contribution in [-0.4, -0.2) is 11.8 Å². The van der Waals surface area contributed by atoms with Crippen LogP contribution in [0.3, 0.4) is 0 Å². The zero-order valence-corrected chi connectivity index (χ0v) is 9.92. The molecule has 2 rings (SSSR count). The van der Waals surface area contributed by atoms with E-state index in [0.717, 1.165) is 23.8 Å². The number of hydroxylamine groups is 1. The molecule has 0 spiro atoms. The number of ether oxygens (including phenoxy) is 1. The summed E-state index contributed by atoms with van der Waals surface area (Å²) in [5, 5.41) is 8.79. The summed E-state index contributed by atoms with van der Waals surface area (Å²) in [7, 11) is 0. The Labute approximate surface area is 96.4 Å². The molecule has 0 heterocycles. The summed E-state index contributed by atoms with van der Waals surface area (Å²) in [6.07, 6.45) is 2.58. The maximum absolute atomic E-state index is 8.79. The standard InChI is InChI=1S/C13H19NO2/c1-9-3-6-12(7-14-15)13(10(9)2)16-8-11-4-5-11/h3,6,11,14-15H,4-5,7-8H2,1-2H3. The monoisotopic (exact) mass is 221 g/mol. The van der Waals surface area contributed by atoms with Gasteiger partial charge in [-0.3, -0.25) is 0 Å². The van der Waals surface area contributed by atoms with Crippen LogP contribution in [0.5, 0.6) is 5.75 Å². The van der Waals surface area contributed by atoms with Gasteiger partial charge in [0.15, 0.2) is 0 Å². The molecule has 3 heteroatoms. The van der Waals surface area contributed by atoms with E-state index in [4.69, 9.17) is 9.94 Å². The Balaban J connectivity index is 2.18. The third-order valence-electron chi connectivity index (χ3n) is 3.19. The molecule has 16 heavy (non-hydrogen) atoms. The van der Waals surface area contributed by atoms with Crippen molar-refractivity contribution in [1.82, 2.24) is 5.48 Å². The molecule has 1 aliphatic carbocycles. The predicted octanol–water partition coefficient (Wildman–Crippen LogP) is 2.57. The second kappa shape index (κ2) is 4.85. The fourth-order valence-corrected chi connectivity index (χ4v) is 1.76. The first-order chi connectivity index (χ1) is 7.72. The summed E-state index contributed by atoms with van der Waals surface area (Å²) in [6.45, 7) is 5.39. The van der Waals surface area contributed by atoms with E-state index in [9.17, 15) is 0 Å². The SMILES string of the molecule is Cc1ccc(CNO)c(OCC2CC2)c1C. The summed E-state index contributed by atoms with van der Waals surface area (Å²) in [5.74, 6) is 1.68. The molecule has 88 valence electrons. The first kappa shape index (κ1) is 11.4. The highest BCUT2D eigenvalue weighted by Gasteiger charge is 2.22. The average molecular weight is 221 g/mol. The minimum absolute atomic E-state index is 0.432. The molecule has 0 atom stereocenters. The zero-order valence-electron chi connectivity index (χ0n) is 9.92. The molecule has 0 bridgehead atoms. The number of nitrogens with one attached hydrogen (secondary N) is 1. The van der Waals surface area contributed by atoms with Crippen LogP contribution < -0.4 is 10.2 Å².